The van der Waals surface area contributed by atoms with E-state index < -0.39 is 0 Å². The minimum atomic E-state index is -0.150. The van der Waals surface area contributed by atoms with Crippen molar-refractivity contribution >= 4 is 33.7 Å². The number of allylic oxidation sites excluding steroid dienone is 4. The molecule has 0 radical (unpaired) electrons. The summed E-state index contributed by atoms with van der Waals surface area (Å²) in [5.41, 5.74) is 1.46. The standard InChI is InChI=1S/C20H9IN4/c21-18-8-6-15(7-9-18)20(17(12-24)13-25)19(16(10-22)11-23)14-4-2-1-3-5-14/h1-9H. The first kappa shape index (κ1) is 18.0. The molecule has 0 atom stereocenters. The van der Waals surface area contributed by atoms with Crippen LogP contribution < -0.4 is 0 Å². The number of nitrogens with zero attached hydrogens (tertiary/aromatic N) is 4. The van der Waals surface area contributed by atoms with E-state index in [9.17, 15) is 21.0 Å². The smallest absolute Gasteiger partial charge is 0.138 e. The SMILES string of the molecule is N#CC(C#N)=C(C(=C(C#N)C#N)c1ccc(I)cc1)c1ccccc1. The van der Waals surface area contributed by atoms with E-state index in [1.807, 2.05) is 42.5 Å². The molecule has 0 unspecified atom stereocenters. The van der Waals surface area contributed by atoms with Gasteiger partial charge >= 0.3 is 0 Å². The molecule has 4 nitrogen and oxygen atoms in total. The quantitative estimate of drug-likeness (QED) is 0.403. The highest BCUT2D eigenvalue weighted by atomic mass is 127. The molecule has 0 bridgehead atoms. The van der Waals surface area contributed by atoms with Crippen molar-refractivity contribution in [3.05, 3.63) is 80.4 Å². The van der Waals surface area contributed by atoms with Gasteiger partial charge in [-0.1, -0.05) is 42.5 Å². The monoisotopic (exact) mass is 432 g/mol. The third kappa shape index (κ3) is 3.93. The zero-order valence-electron chi connectivity index (χ0n) is 12.9. The Balaban J connectivity index is 2.95. The van der Waals surface area contributed by atoms with Gasteiger partial charge in [0.25, 0.3) is 0 Å². The molecule has 0 saturated heterocycles. The maximum Gasteiger partial charge on any atom is 0.138 e. The molecule has 0 N–H and O–H groups in total. The maximum atomic E-state index is 9.42. The summed E-state index contributed by atoms with van der Waals surface area (Å²) in [4.78, 5) is 0. The van der Waals surface area contributed by atoms with Crippen LogP contribution in [0.1, 0.15) is 11.1 Å². The lowest BCUT2D eigenvalue weighted by molar-refractivity contribution is 1.44. The minimum Gasteiger partial charge on any atom is -0.192 e. The van der Waals surface area contributed by atoms with Gasteiger partial charge in [0.1, 0.15) is 35.4 Å². The van der Waals surface area contributed by atoms with E-state index in [0.29, 0.717) is 11.1 Å². The topological polar surface area (TPSA) is 95.2 Å². The van der Waals surface area contributed by atoms with E-state index in [-0.39, 0.29) is 22.3 Å². The maximum absolute atomic E-state index is 9.42. The largest absolute Gasteiger partial charge is 0.192 e. The van der Waals surface area contributed by atoms with Gasteiger partial charge in [0, 0.05) is 14.7 Å². The molecular weight excluding hydrogens is 423 g/mol. The molecule has 5 heteroatoms. The second kappa shape index (κ2) is 8.46. The number of hydrogen-bond acceptors (Lipinski definition) is 4. The first-order valence-electron chi connectivity index (χ1n) is 7.07. The fourth-order valence-electron chi connectivity index (χ4n) is 2.32. The average Bonchev–Trinajstić information content (AvgIpc) is 2.66. The molecule has 0 aromatic heterocycles. The summed E-state index contributed by atoms with van der Waals surface area (Å²) in [7, 11) is 0. The van der Waals surface area contributed by atoms with Crippen LogP contribution in [0.4, 0.5) is 0 Å². The van der Waals surface area contributed by atoms with Crippen molar-refractivity contribution in [2.24, 2.45) is 0 Å². The van der Waals surface area contributed by atoms with Crippen LogP contribution in [0.25, 0.3) is 11.1 Å². The van der Waals surface area contributed by atoms with Crippen molar-refractivity contribution in [3.8, 4) is 24.3 Å². The molecule has 25 heavy (non-hydrogen) atoms. The van der Waals surface area contributed by atoms with E-state index in [0.717, 1.165) is 3.57 Å². The van der Waals surface area contributed by atoms with Gasteiger partial charge in [-0.2, -0.15) is 21.0 Å². The Labute approximate surface area is 159 Å². The highest BCUT2D eigenvalue weighted by Crippen LogP contribution is 2.36. The lowest BCUT2D eigenvalue weighted by Gasteiger charge is -2.14. The van der Waals surface area contributed by atoms with Gasteiger partial charge in [-0.05, 0) is 45.9 Å². The molecule has 0 aliphatic rings. The first-order valence-corrected chi connectivity index (χ1v) is 8.14. The third-order valence-electron chi connectivity index (χ3n) is 3.39. The normalized spacial score (nSPS) is 8.84. The van der Waals surface area contributed by atoms with Gasteiger partial charge < -0.3 is 0 Å². The zero-order chi connectivity index (χ0) is 18.2. The molecule has 0 aliphatic carbocycles. The van der Waals surface area contributed by atoms with E-state index in [4.69, 9.17) is 0 Å². The van der Waals surface area contributed by atoms with Crippen LogP contribution in [0, 0.1) is 48.9 Å². The van der Waals surface area contributed by atoms with Crippen LogP contribution in [-0.4, -0.2) is 0 Å². The highest BCUT2D eigenvalue weighted by molar-refractivity contribution is 14.1. The average molecular weight is 432 g/mol. The first-order chi connectivity index (χ1) is 12.2. The van der Waals surface area contributed by atoms with Gasteiger partial charge in [0.2, 0.25) is 0 Å². The molecule has 0 fully saturated rings. The van der Waals surface area contributed by atoms with E-state index in [2.05, 4.69) is 22.6 Å². The van der Waals surface area contributed by atoms with Gasteiger partial charge in [0.05, 0.1) is 0 Å². The van der Waals surface area contributed by atoms with Crippen molar-refractivity contribution < 1.29 is 0 Å². The second-order valence-electron chi connectivity index (χ2n) is 4.82. The van der Waals surface area contributed by atoms with E-state index >= 15 is 0 Å². The van der Waals surface area contributed by atoms with Crippen LogP contribution >= 0.6 is 22.6 Å². The summed E-state index contributed by atoms with van der Waals surface area (Å²) in [6.45, 7) is 0. The molecule has 0 heterocycles. The summed E-state index contributed by atoms with van der Waals surface area (Å²) in [5.74, 6) is 0. The number of hydrogen-bond donors (Lipinski definition) is 0. The molecule has 2 aromatic carbocycles. The summed E-state index contributed by atoms with van der Waals surface area (Å²) in [6, 6.07) is 23.6. The number of rotatable bonds is 3. The minimum absolute atomic E-state index is 0.150. The van der Waals surface area contributed by atoms with Gasteiger partial charge in [-0.3, -0.25) is 0 Å². The van der Waals surface area contributed by atoms with Crippen molar-refractivity contribution in [1.29, 1.82) is 21.0 Å². The Morgan fingerprint density at radius 1 is 0.600 bits per heavy atom. The van der Waals surface area contributed by atoms with Gasteiger partial charge in [0.15, 0.2) is 0 Å². The predicted molar refractivity (Wildman–Crippen MR) is 102 cm³/mol. The van der Waals surface area contributed by atoms with Crippen LogP contribution in [0.3, 0.4) is 0 Å². The third-order valence-corrected chi connectivity index (χ3v) is 4.11. The molecule has 0 saturated carbocycles. The Morgan fingerprint density at radius 2 is 1.00 bits per heavy atom. The summed E-state index contributed by atoms with van der Waals surface area (Å²) in [6.07, 6.45) is 0. The molecule has 116 valence electrons. The highest BCUT2D eigenvalue weighted by Gasteiger charge is 2.20. The zero-order valence-corrected chi connectivity index (χ0v) is 15.0. The van der Waals surface area contributed by atoms with Crippen molar-refractivity contribution in [1.82, 2.24) is 0 Å². The summed E-state index contributed by atoms with van der Waals surface area (Å²) in [5, 5.41) is 37.6. The van der Waals surface area contributed by atoms with Crippen molar-refractivity contribution in [2.75, 3.05) is 0 Å². The lowest BCUT2D eigenvalue weighted by Crippen LogP contribution is -1.98. The Bertz CT molecular complexity index is 987. The van der Waals surface area contributed by atoms with Gasteiger partial charge in [-0.25, -0.2) is 0 Å². The van der Waals surface area contributed by atoms with Crippen molar-refractivity contribution in [2.45, 2.75) is 0 Å². The molecule has 2 aromatic rings. The Morgan fingerprint density at radius 3 is 1.40 bits per heavy atom. The predicted octanol–water partition coefficient (Wildman–Crippen LogP) is 4.59. The number of halogens is 1. The van der Waals surface area contributed by atoms with Crippen LogP contribution in [0.5, 0.6) is 0 Å². The van der Waals surface area contributed by atoms with Crippen LogP contribution in [0.2, 0.25) is 0 Å². The second-order valence-corrected chi connectivity index (χ2v) is 6.07. The lowest BCUT2D eigenvalue weighted by atomic mass is 9.86. The molecule has 2 rings (SSSR count). The van der Waals surface area contributed by atoms with E-state index in [1.54, 1.807) is 36.4 Å². The number of nitriles is 4. The fourth-order valence-corrected chi connectivity index (χ4v) is 2.68. The summed E-state index contributed by atoms with van der Waals surface area (Å²) < 4.78 is 0.988. The molecule has 0 amide bonds. The van der Waals surface area contributed by atoms with Gasteiger partial charge in [-0.15, -0.1) is 0 Å². The molecule has 0 aliphatic heterocycles. The van der Waals surface area contributed by atoms with Crippen LogP contribution in [0.15, 0.2) is 65.7 Å². The Kier molecular flexibility index (Phi) is 6.08. The Hall–Kier alpha value is -3.39. The number of benzene rings is 2. The van der Waals surface area contributed by atoms with Crippen molar-refractivity contribution in [3.63, 3.8) is 0 Å². The molecule has 0 spiro atoms. The molecular formula is C20H9IN4. The summed E-state index contributed by atoms with van der Waals surface area (Å²) >= 11 is 2.15. The van der Waals surface area contributed by atoms with E-state index in [1.165, 1.54) is 0 Å². The fraction of sp³-hybridized carbons (Fsp3) is 0. The van der Waals surface area contributed by atoms with Crippen LogP contribution in [-0.2, 0) is 0 Å².